The monoisotopic (exact) mass is 396 g/mol. The minimum Gasteiger partial charge on any atom is -0.493 e. The fourth-order valence-corrected chi connectivity index (χ4v) is 2.72. The molecule has 9 heteroatoms. The zero-order valence-corrected chi connectivity index (χ0v) is 15.6. The van der Waals surface area contributed by atoms with Gasteiger partial charge in [0.15, 0.2) is 12.4 Å². The third-order valence-corrected chi connectivity index (χ3v) is 4.05. The van der Waals surface area contributed by atoms with Gasteiger partial charge < -0.3 is 31.0 Å². The Bertz CT molecular complexity index is 1110. The van der Waals surface area contributed by atoms with E-state index in [-0.39, 0.29) is 17.3 Å². The molecule has 1 heterocycles. The van der Waals surface area contributed by atoms with Gasteiger partial charge >= 0.3 is 5.97 Å². The summed E-state index contributed by atoms with van der Waals surface area (Å²) in [7, 11) is 0. The number of hydrogen-bond acceptors (Lipinski definition) is 7. The maximum absolute atomic E-state index is 11.9. The lowest BCUT2D eigenvalue weighted by atomic mass is 10.0. The van der Waals surface area contributed by atoms with Crippen LogP contribution in [-0.4, -0.2) is 34.3 Å². The summed E-state index contributed by atoms with van der Waals surface area (Å²) in [4.78, 5) is 29.3. The number of aromatic amines is 1. The summed E-state index contributed by atoms with van der Waals surface area (Å²) in [5.41, 5.74) is 12.8. The first kappa shape index (κ1) is 19.7. The van der Waals surface area contributed by atoms with E-state index in [9.17, 15) is 9.59 Å². The quantitative estimate of drug-likeness (QED) is 0.474. The van der Waals surface area contributed by atoms with Crippen LogP contribution in [0.15, 0.2) is 47.3 Å². The Balaban J connectivity index is 2.02. The third-order valence-electron chi connectivity index (χ3n) is 4.05. The van der Waals surface area contributed by atoms with Crippen molar-refractivity contribution in [2.24, 2.45) is 0 Å². The number of anilines is 2. The first-order valence-electron chi connectivity index (χ1n) is 8.76. The molecule has 0 saturated carbocycles. The van der Waals surface area contributed by atoms with Crippen LogP contribution in [0.1, 0.15) is 6.92 Å². The summed E-state index contributed by atoms with van der Waals surface area (Å²) >= 11 is 0. The van der Waals surface area contributed by atoms with Crippen LogP contribution in [0.4, 0.5) is 11.5 Å². The zero-order valence-electron chi connectivity index (χ0n) is 15.6. The molecule has 0 spiro atoms. The Morgan fingerprint density at radius 2 is 1.93 bits per heavy atom. The molecule has 0 aliphatic heterocycles. The Morgan fingerprint density at radius 1 is 1.14 bits per heavy atom. The fourth-order valence-electron chi connectivity index (χ4n) is 2.72. The van der Waals surface area contributed by atoms with Gasteiger partial charge in [-0.3, -0.25) is 4.79 Å². The standard InChI is InChI=1S/C20H20N4O5/c1-2-28-15-9-12(19-23-18(22)17(21)20(27)24-19)6-7-14(15)11-4-3-5-13(8-11)29-10-16(25)26/h3-9H,2,10,21H2,1H3,(H,25,26)(H3,22,23,24,27). The molecule has 0 aliphatic carbocycles. The molecular formula is C20H20N4O5. The van der Waals surface area contributed by atoms with Crippen molar-refractivity contribution in [1.29, 1.82) is 0 Å². The van der Waals surface area contributed by atoms with Crippen molar-refractivity contribution >= 4 is 17.5 Å². The normalized spacial score (nSPS) is 10.5. The number of aliphatic carboxylic acids is 1. The molecule has 3 aromatic rings. The zero-order chi connectivity index (χ0) is 21.0. The molecule has 6 N–H and O–H groups in total. The van der Waals surface area contributed by atoms with E-state index in [0.29, 0.717) is 23.7 Å². The first-order valence-corrected chi connectivity index (χ1v) is 8.76. The number of benzene rings is 2. The highest BCUT2D eigenvalue weighted by Gasteiger charge is 2.13. The van der Waals surface area contributed by atoms with Crippen molar-refractivity contribution < 1.29 is 19.4 Å². The summed E-state index contributed by atoms with van der Waals surface area (Å²) in [6, 6.07) is 12.3. The van der Waals surface area contributed by atoms with Crippen molar-refractivity contribution in [3.05, 3.63) is 52.8 Å². The van der Waals surface area contributed by atoms with E-state index in [1.165, 1.54) is 0 Å². The van der Waals surface area contributed by atoms with Gasteiger partial charge in [-0.15, -0.1) is 0 Å². The van der Waals surface area contributed by atoms with E-state index < -0.39 is 18.1 Å². The third kappa shape index (κ3) is 4.46. The average Bonchev–Trinajstić information content (AvgIpc) is 2.70. The number of nitrogen functional groups attached to an aromatic ring is 2. The summed E-state index contributed by atoms with van der Waals surface area (Å²) in [5, 5.41) is 8.78. The minimum absolute atomic E-state index is 0.0472. The average molecular weight is 396 g/mol. The number of nitrogens with zero attached hydrogens (tertiary/aromatic N) is 1. The predicted molar refractivity (Wildman–Crippen MR) is 109 cm³/mol. The first-order chi connectivity index (χ1) is 13.9. The van der Waals surface area contributed by atoms with Gasteiger partial charge in [-0.1, -0.05) is 18.2 Å². The highest BCUT2D eigenvalue weighted by atomic mass is 16.5. The number of nitrogens with two attached hydrogens (primary N) is 2. The van der Waals surface area contributed by atoms with Crippen LogP contribution in [-0.2, 0) is 4.79 Å². The van der Waals surface area contributed by atoms with Crippen molar-refractivity contribution in [3.63, 3.8) is 0 Å². The maximum atomic E-state index is 11.9. The van der Waals surface area contributed by atoms with Crippen LogP contribution in [0.5, 0.6) is 11.5 Å². The maximum Gasteiger partial charge on any atom is 0.341 e. The van der Waals surface area contributed by atoms with Gasteiger partial charge in [-0.25, -0.2) is 9.78 Å². The van der Waals surface area contributed by atoms with Crippen LogP contribution in [0.3, 0.4) is 0 Å². The summed E-state index contributed by atoms with van der Waals surface area (Å²) in [6.45, 7) is 1.84. The molecule has 0 saturated heterocycles. The molecule has 9 nitrogen and oxygen atoms in total. The van der Waals surface area contributed by atoms with E-state index in [4.69, 9.17) is 26.0 Å². The number of carboxylic acid groups (broad SMARTS) is 1. The lowest BCUT2D eigenvalue weighted by Crippen LogP contribution is -2.17. The van der Waals surface area contributed by atoms with Crippen molar-refractivity contribution in [2.45, 2.75) is 6.92 Å². The van der Waals surface area contributed by atoms with Crippen molar-refractivity contribution in [1.82, 2.24) is 9.97 Å². The van der Waals surface area contributed by atoms with Gasteiger partial charge in [0.05, 0.1) is 6.61 Å². The predicted octanol–water partition coefficient (Wildman–Crippen LogP) is 2.13. The second kappa shape index (κ2) is 8.34. The lowest BCUT2D eigenvalue weighted by molar-refractivity contribution is -0.139. The molecule has 1 aromatic heterocycles. The summed E-state index contributed by atoms with van der Waals surface area (Å²) in [5.74, 6) is 0.146. The second-order valence-corrected chi connectivity index (χ2v) is 6.07. The SMILES string of the molecule is CCOc1cc(-c2nc(N)c(N)c(=O)[nH]2)ccc1-c1cccc(OCC(=O)O)c1. The van der Waals surface area contributed by atoms with Crippen LogP contribution in [0, 0.1) is 0 Å². The Hall–Kier alpha value is -4.01. The number of aromatic nitrogens is 2. The van der Waals surface area contributed by atoms with Gasteiger partial charge in [0.25, 0.3) is 5.56 Å². The highest BCUT2D eigenvalue weighted by molar-refractivity contribution is 5.76. The number of carboxylic acids is 1. The molecule has 29 heavy (non-hydrogen) atoms. The molecule has 0 fully saturated rings. The van der Waals surface area contributed by atoms with Crippen molar-refractivity contribution in [3.8, 4) is 34.0 Å². The molecule has 0 atom stereocenters. The topological polar surface area (TPSA) is 154 Å². The number of carbonyl (C=O) groups is 1. The van der Waals surface area contributed by atoms with Gasteiger partial charge in [0.2, 0.25) is 0 Å². The Kier molecular flexibility index (Phi) is 5.68. The van der Waals surface area contributed by atoms with Crippen molar-refractivity contribution in [2.75, 3.05) is 24.7 Å². The molecule has 0 radical (unpaired) electrons. The summed E-state index contributed by atoms with van der Waals surface area (Å²) in [6.07, 6.45) is 0. The van der Waals surface area contributed by atoms with E-state index in [1.807, 2.05) is 19.1 Å². The second-order valence-electron chi connectivity index (χ2n) is 6.07. The minimum atomic E-state index is -1.06. The molecule has 3 rings (SSSR count). The number of nitrogens with one attached hydrogen (secondary N) is 1. The molecular weight excluding hydrogens is 376 g/mol. The van der Waals surface area contributed by atoms with Crippen LogP contribution >= 0.6 is 0 Å². The molecule has 0 aliphatic rings. The van der Waals surface area contributed by atoms with Crippen LogP contribution in [0.2, 0.25) is 0 Å². The Morgan fingerprint density at radius 3 is 2.62 bits per heavy atom. The van der Waals surface area contributed by atoms with Gasteiger partial charge in [0, 0.05) is 11.1 Å². The van der Waals surface area contributed by atoms with Gasteiger partial charge in [0.1, 0.15) is 23.0 Å². The van der Waals surface area contributed by atoms with E-state index in [2.05, 4.69) is 9.97 Å². The Labute approximate surface area is 165 Å². The highest BCUT2D eigenvalue weighted by Crippen LogP contribution is 2.35. The number of rotatable bonds is 7. The summed E-state index contributed by atoms with van der Waals surface area (Å²) < 4.78 is 11.0. The fraction of sp³-hybridized carbons (Fsp3) is 0.150. The smallest absolute Gasteiger partial charge is 0.341 e. The van der Waals surface area contributed by atoms with Crippen LogP contribution in [0.25, 0.3) is 22.5 Å². The number of hydrogen-bond donors (Lipinski definition) is 4. The van der Waals surface area contributed by atoms with E-state index in [1.54, 1.807) is 30.3 Å². The van der Waals surface area contributed by atoms with E-state index in [0.717, 1.165) is 11.1 Å². The van der Waals surface area contributed by atoms with Crippen LogP contribution < -0.4 is 26.5 Å². The van der Waals surface area contributed by atoms with Gasteiger partial charge in [-0.2, -0.15) is 0 Å². The van der Waals surface area contributed by atoms with E-state index >= 15 is 0 Å². The lowest BCUT2D eigenvalue weighted by Gasteiger charge is -2.13. The molecule has 0 unspecified atom stereocenters. The number of H-pyrrole nitrogens is 1. The largest absolute Gasteiger partial charge is 0.493 e. The number of ether oxygens (including phenoxy) is 2. The molecule has 0 amide bonds. The molecule has 2 aromatic carbocycles. The molecule has 150 valence electrons. The molecule has 0 bridgehead atoms. The van der Waals surface area contributed by atoms with Gasteiger partial charge in [-0.05, 0) is 36.8 Å².